The van der Waals surface area contributed by atoms with E-state index < -0.39 is 30.8 Å². The standard InChI is InChI=1S/C14H15F3N2O4/c1-9-7-13(21,14(15,16)17)19(18-9)12(20)8-23-11-5-3-10(22-2)4-6-11/h3-6,21H,7-8H2,1-2H3/t13-/m1/s1. The van der Waals surface area contributed by atoms with Crippen LogP contribution in [-0.4, -0.2) is 47.4 Å². The number of methoxy groups -OCH3 is 1. The fourth-order valence-corrected chi connectivity index (χ4v) is 2.08. The molecule has 0 saturated carbocycles. The quantitative estimate of drug-likeness (QED) is 0.915. The topological polar surface area (TPSA) is 71.4 Å². The van der Waals surface area contributed by atoms with Gasteiger partial charge in [0.2, 0.25) is 0 Å². The summed E-state index contributed by atoms with van der Waals surface area (Å²) in [4.78, 5) is 12.0. The van der Waals surface area contributed by atoms with E-state index in [0.29, 0.717) is 5.75 Å². The van der Waals surface area contributed by atoms with Gasteiger partial charge < -0.3 is 14.6 Å². The summed E-state index contributed by atoms with van der Waals surface area (Å²) in [5, 5.41) is 13.3. The lowest BCUT2D eigenvalue weighted by molar-refractivity contribution is -0.302. The molecule has 0 aliphatic carbocycles. The van der Waals surface area contributed by atoms with Gasteiger partial charge in [-0.3, -0.25) is 4.79 Å². The molecular formula is C14H15F3N2O4. The van der Waals surface area contributed by atoms with Crippen LogP contribution in [0.1, 0.15) is 13.3 Å². The summed E-state index contributed by atoms with van der Waals surface area (Å²) in [6, 6.07) is 6.15. The van der Waals surface area contributed by atoms with Crippen molar-refractivity contribution in [2.45, 2.75) is 25.2 Å². The van der Waals surface area contributed by atoms with Gasteiger partial charge >= 0.3 is 6.18 Å². The third kappa shape index (κ3) is 3.39. The Bertz CT molecular complexity index is 615. The van der Waals surface area contributed by atoms with E-state index in [0.717, 1.165) is 0 Å². The minimum Gasteiger partial charge on any atom is -0.497 e. The zero-order valence-electron chi connectivity index (χ0n) is 12.4. The summed E-state index contributed by atoms with van der Waals surface area (Å²) in [6.45, 7) is 0.607. The fraction of sp³-hybridized carbons (Fsp3) is 0.429. The molecule has 1 aliphatic heterocycles. The van der Waals surface area contributed by atoms with Crippen molar-refractivity contribution in [3.63, 3.8) is 0 Å². The minimum absolute atomic E-state index is 0.00243. The monoisotopic (exact) mass is 332 g/mol. The molecule has 126 valence electrons. The molecule has 1 aromatic rings. The molecule has 1 aliphatic rings. The number of nitrogens with zero attached hydrogens (tertiary/aromatic N) is 2. The molecule has 1 atom stereocenters. The number of carbonyl (C=O) groups excluding carboxylic acids is 1. The van der Waals surface area contributed by atoms with Gasteiger partial charge in [-0.2, -0.15) is 23.3 Å². The highest BCUT2D eigenvalue weighted by Gasteiger charge is 2.62. The predicted molar refractivity (Wildman–Crippen MR) is 74.1 cm³/mol. The van der Waals surface area contributed by atoms with Crippen LogP contribution in [0.5, 0.6) is 11.5 Å². The second-order valence-electron chi connectivity index (χ2n) is 5.00. The van der Waals surface area contributed by atoms with E-state index in [2.05, 4.69) is 5.10 Å². The van der Waals surface area contributed by atoms with E-state index in [1.807, 2.05) is 0 Å². The average Bonchev–Trinajstić information content (AvgIpc) is 2.81. The Kier molecular flexibility index (Phi) is 4.51. The molecule has 1 heterocycles. The third-order valence-corrected chi connectivity index (χ3v) is 3.24. The van der Waals surface area contributed by atoms with Crippen LogP contribution in [0.25, 0.3) is 0 Å². The van der Waals surface area contributed by atoms with Gasteiger partial charge in [0.05, 0.1) is 7.11 Å². The second kappa shape index (κ2) is 6.07. The van der Waals surface area contributed by atoms with Crippen molar-refractivity contribution < 1.29 is 32.5 Å². The Hall–Kier alpha value is -2.29. The van der Waals surface area contributed by atoms with Crippen LogP contribution >= 0.6 is 0 Å². The zero-order valence-corrected chi connectivity index (χ0v) is 12.4. The summed E-state index contributed by atoms with van der Waals surface area (Å²) in [6.07, 6.45) is -5.81. The molecule has 0 bridgehead atoms. The molecule has 6 nitrogen and oxygen atoms in total. The molecule has 9 heteroatoms. The van der Waals surface area contributed by atoms with Crippen molar-refractivity contribution >= 4 is 11.6 Å². The van der Waals surface area contributed by atoms with Crippen molar-refractivity contribution in [2.75, 3.05) is 13.7 Å². The number of aliphatic hydroxyl groups is 1. The number of ether oxygens (including phenoxy) is 2. The van der Waals surface area contributed by atoms with E-state index in [1.54, 1.807) is 12.1 Å². The number of alkyl halides is 3. The van der Waals surface area contributed by atoms with Gasteiger partial charge in [-0.1, -0.05) is 0 Å². The van der Waals surface area contributed by atoms with Gasteiger partial charge in [-0.05, 0) is 31.2 Å². The van der Waals surface area contributed by atoms with Gasteiger partial charge in [0.1, 0.15) is 11.5 Å². The first-order valence-electron chi connectivity index (χ1n) is 6.60. The number of amides is 1. The number of benzene rings is 1. The number of hydrazone groups is 1. The Labute approximate surface area is 130 Å². The number of rotatable bonds is 4. The summed E-state index contributed by atoms with van der Waals surface area (Å²) in [5.41, 5.74) is -3.33. The van der Waals surface area contributed by atoms with E-state index in [1.165, 1.54) is 26.2 Å². The van der Waals surface area contributed by atoms with E-state index >= 15 is 0 Å². The third-order valence-electron chi connectivity index (χ3n) is 3.24. The molecule has 0 fully saturated rings. The highest BCUT2D eigenvalue weighted by molar-refractivity contribution is 5.89. The lowest BCUT2D eigenvalue weighted by Crippen LogP contribution is -2.57. The SMILES string of the molecule is COc1ccc(OCC(=O)N2N=C(C)C[C@@]2(O)C(F)(F)F)cc1. The smallest absolute Gasteiger partial charge is 0.438 e. The largest absolute Gasteiger partial charge is 0.497 e. The summed E-state index contributed by atoms with van der Waals surface area (Å²) >= 11 is 0. The average molecular weight is 332 g/mol. The number of halogens is 3. The first kappa shape index (κ1) is 17.1. The lowest BCUT2D eigenvalue weighted by atomic mass is 10.1. The van der Waals surface area contributed by atoms with Crippen LogP contribution in [0.15, 0.2) is 29.4 Å². The molecule has 0 unspecified atom stereocenters. The molecule has 0 radical (unpaired) electrons. The summed E-state index contributed by atoms with van der Waals surface area (Å²) < 4.78 is 49.1. The van der Waals surface area contributed by atoms with Crippen molar-refractivity contribution in [1.82, 2.24) is 5.01 Å². The second-order valence-corrected chi connectivity index (χ2v) is 5.00. The molecule has 1 amide bonds. The van der Waals surface area contributed by atoms with Gasteiger partial charge in [0.15, 0.2) is 6.61 Å². The molecule has 2 rings (SSSR count). The van der Waals surface area contributed by atoms with Crippen LogP contribution in [0.4, 0.5) is 13.2 Å². The van der Waals surface area contributed by atoms with Gasteiger partial charge in [0.25, 0.3) is 11.6 Å². The fourth-order valence-electron chi connectivity index (χ4n) is 2.08. The van der Waals surface area contributed by atoms with Crippen LogP contribution in [-0.2, 0) is 4.79 Å². The predicted octanol–water partition coefficient (Wildman–Crippen LogP) is 1.93. The van der Waals surface area contributed by atoms with E-state index in [-0.39, 0.29) is 16.5 Å². The Morgan fingerprint density at radius 1 is 1.35 bits per heavy atom. The van der Waals surface area contributed by atoms with Crippen LogP contribution in [0, 0.1) is 0 Å². The van der Waals surface area contributed by atoms with Crippen LogP contribution in [0.3, 0.4) is 0 Å². The normalized spacial score (nSPS) is 21.1. The van der Waals surface area contributed by atoms with Crippen molar-refractivity contribution in [2.24, 2.45) is 5.10 Å². The maximum atomic E-state index is 13.0. The van der Waals surface area contributed by atoms with Crippen molar-refractivity contribution in [1.29, 1.82) is 0 Å². The van der Waals surface area contributed by atoms with E-state index in [9.17, 15) is 23.1 Å². The molecule has 23 heavy (non-hydrogen) atoms. The molecule has 1 N–H and O–H groups in total. The zero-order chi connectivity index (χ0) is 17.3. The maximum Gasteiger partial charge on any atom is 0.438 e. The summed E-state index contributed by atoms with van der Waals surface area (Å²) in [7, 11) is 1.48. The first-order chi connectivity index (χ1) is 10.7. The van der Waals surface area contributed by atoms with Gasteiger partial charge in [0, 0.05) is 12.1 Å². The number of carbonyl (C=O) groups is 1. The number of hydrogen-bond acceptors (Lipinski definition) is 5. The Morgan fingerprint density at radius 2 is 1.91 bits per heavy atom. The molecule has 0 spiro atoms. The molecular weight excluding hydrogens is 317 g/mol. The van der Waals surface area contributed by atoms with E-state index in [4.69, 9.17) is 9.47 Å². The van der Waals surface area contributed by atoms with Crippen molar-refractivity contribution in [3.05, 3.63) is 24.3 Å². The molecule has 1 aromatic carbocycles. The van der Waals surface area contributed by atoms with Crippen molar-refractivity contribution in [3.8, 4) is 11.5 Å². The van der Waals surface area contributed by atoms with Crippen LogP contribution in [0.2, 0.25) is 0 Å². The van der Waals surface area contributed by atoms with Gasteiger partial charge in [-0.25, -0.2) is 0 Å². The maximum absolute atomic E-state index is 13.0. The highest BCUT2D eigenvalue weighted by Crippen LogP contribution is 2.40. The van der Waals surface area contributed by atoms with Gasteiger partial charge in [-0.15, -0.1) is 0 Å². The highest BCUT2D eigenvalue weighted by atomic mass is 19.4. The molecule has 0 aromatic heterocycles. The first-order valence-corrected chi connectivity index (χ1v) is 6.60. The summed E-state index contributed by atoms with van der Waals surface area (Å²) in [5.74, 6) is -0.262. The number of hydrogen-bond donors (Lipinski definition) is 1. The Morgan fingerprint density at radius 3 is 2.43 bits per heavy atom. The minimum atomic E-state index is -5.02. The Balaban J connectivity index is 2.06. The van der Waals surface area contributed by atoms with Crippen LogP contribution < -0.4 is 9.47 Å². The molecule has 0 saturated heterocycles. The lowest BCUT2D eigenvalue weighted by Gasteiger charge is -2.32.